The molecule has 3 saturated heterocycles. The molecule has 3 atom stereocenters. The van der Waals surface area contributed by atoms with Gasteiger partial charge in [-0.05, 0) is 30.7 Å². The molecule has 3 unspecified atom stereocenters. The van der Waals surface area contributed by atoms with Crippen molar-refractivity contribution in [3.63, 3.8) is 0 Å². The zero-order chi connectivity index (χ0) is 18.7. The molecular weight excluding hydrogens is 352 g/mol. The quantitative estimate of drug-likeness (QED) is 0.462. The van der Waals surface area contributed by atoms with Gasteiger partial charge < -0.3 is 4.42 Å². The number of nitro groups is 1. The molecule has 27 heavy (non-hydrogen) atoms. The van der Waals surface area contributed by atoms with Crippen molar-refractivity contribution in [1.29, 1.82) is 0 Å². The standard InChI is InChI=1S/C18H16N4O5/c23-17-14-15(13-3-1-10-27-13)19-8-2-9-20(19)16(14)18(24)21(17)11-4-6-12(7-5-11)22(25)26/h1,3-7,10,14-16H,2,8-9H2. The minimum absolute atomic E-state index is 0.0859. The van der Waals surface area contributed by atoms with Gasteiger partial charge in [0.05, 0.1) is 28.8 Å². The van der Waals surface area contributed by atoms with Gasteiger partial charge in [-0.2, -0.15) is 0 Å². The van der Waals surface area contributed by atoms with Gasteiger partial charge >= 0.3 is 0 Å². The maximum Gasteiger partial charge on any atom is 0.269 e. The van der Waals surface area contributed by atoms with Crippen molar-refractivity contribution in [2.45, 2.75) is 18.5 Å². The molecule has 2 aromatic rings. The van der Waals surface area contributed by atoms with Crippen LogP contribution in [0, 0.1) is 16.0 Å². The Kier molecular flexibility index (Phi) is 3.43. The Bertz CT molecular complexity index is 926. The van der Waals surface area contributed by atoms with E-state index in [9.17, 15) is 19.7 Å². The maximum absolute atomic E-state index is 13.2. The number of fused-ring (bicyclic) bond motifs is 3. The molecule has 1 aromatic heterocycles. The lowest BCUT2D eigenvalue weighted by Crippen LogP contribution is -2.44. The average Bonchev–Trinajstić information content (AvgIpc) is 3.40. The number of carbonyl (C=O) groups is 2. The predicted molar refractivity (Wildman–Crippen MR) is 92.3 cm³/mol. The lowest BCUT2D eigenvalue weighted by atomic mass is 9.93. The molecule has 3 aliphatic rings. The zero-order valence-electron chi connectivity index (χ0n) is 14.2. The molecule has 0 spiro atoms. The van der Waals surface area contributed by atoms with Gasteiger partial charge in [0.1, 0.15) is 11.8 Å². The Morgan fingerprint density at radius 3 is 2.33 bits per heavy atom. The highest BCUT2D eigenvalue weighted by atomic mass is 16.6. The van der Waals surface area contributed by atoms with Crippen LogP contribution in [0.25, 0.3) is 0 Å². The molecule has 0 N–H and O–H groups in total. The van der Waals surface area contributed by atoms with E-state index in [-0.39, 0.29) is 23.5 Å². The average molecular weight is 368 g/mol. The third-order valence-electron chi connectivity index (χ3n) is 5.56. The van der Waals surface area contributed by atoms with E-state index in [1.807, 2.05) is 11.1 Å². The predicted octanol–water partition coefficient (Wildman–Crippen LogP) is 1.72. The molecule has 3 fully saturated rings. The van der Waals surface area contributed by atoms with Crippen LogP contribution >= 0.6 is 0 Å². The number of nitro benzene ring substituents is 1. The highest BCUT2D eigenvalue weighted by molar-refractivity contribution is 6.24. The van der Waals surface area contributed by atoms with Crippen LogP contribution in [0.4, 0.5) is 11.4 Å². The van der Waals surface area contributed by atoms with E-state index in [0.29, 0.717) is 18.0 Å². The summed E-state index contributed by atoms with van der Waals surface area (Å²) in [6.07, 6.45) is 2.48. The molecule has 3 aliphatic heterocycles. The van der Waals surface area contributed by atoms with Crippen molar-refractivity contribution in [1.82, 2.24) is 10.0 Å². The number of furan rings is 1. The summed E-state index contributed by atoms with van der Waals surface area (Å²) >= 11 is 0. The van der Waals surface area contributed by atoms with Gasteiger partial charge in [0.25, 0.3) is 11.6 Å². The summed E-state index contributed by atoms with van der Waals surface area (Å²) < 4.78 is 5.58. The van der Waals surface area contributed by atoms with Crippen LogP contribution < -0.4 is 4.90 Å². The van der Waals surface area contributed by atoms with E-state index in [2.05, 4.69) is 5.01 Å². The third-order valence-corrected chi connectivity index (χ3v) is 5.56. The van der Waals surface area contributed by atoms with Gasteiger partial charge in [-0.15, -0.1) is 0 Å². The summed E-state index contributed by atoms with van der Waals surface area (Å²) in [6.45, 7) is 1.49. The normalized spacial score (nSPS) is 28.0. The van der Waals surface area contributed by atoms with Crippen LogP contribution in [0.5, 0.6) is 0 Å². The van der Waals surface area contributed by atoms with Crippen LogP contribution in [0.1, 0.15) is 18.2 Å². The molecule has 0 bridgehead atoms. The minimum Gasteiger partial charge on any atom is -0.468 e. The summed E-state index contributed by atoms with van der Waals surface area (Å²) in [5, 5.41) is 14.9. The fraction of sp³-hybridized carbons (Fsp3) is 0.333. The molecule has 4 heterocycles. The van der Waals surface area contributed by atoms with Crippen molar-refractivity contribution in [2.75, 3.05) is 18.0 Å². The number of hydrogen-bond donors (Lipinski definition) is 0. The second-order valence-corrected chi connectivity index (χ2v) is 6.90. The van der Waals surface area contributed by atoms with Gasteiger partial charge in [-0.1, -0.05) is 0 Å². The molecule has 9 heteroatoms. The Morgan fingerprint density at radius 2 is 1.70 bits per heavy atom. The van der Waals surface area contributed by atoms with E-state index in [1.165, 1.54) is 24.3 Å². The number of anilines is 1. The topological polar surface area (TPSA) is 100 Å². The Morgan fingerprint density at radius 1 is 1.00 bits per heavy atom. The minimum atomic E-state index is -0.565. The molecule has 0 aliphatic carbocycles. The summed E-state index contributed by atoms with van der Waals surface area (Å²) in [7, 11) is 0. The number of hydrogen-bond acceptors (Lipinski definition) is 7. The second-order valence-electron chi connectivity index (χ2n) is 6.90. The molecule has 2 amide bonds. The van der Waals surface area contributed by atoms with Gasteiger partial charge in [0, 0.05) is 25.2 Å². The Balaban J connectivity index is 1.54. The molecule has 1 aromatic carbocycles. The van der Waals surface area contributed by atoms with Crippen molar-refractivity contribution in [2.24, 2.45) is 5.92 Å². The van der Waals surface area contributed by atoms with Crippen molar-refractivity contribution >= 4 is 23.2 Å². The number of nitrogens with zero attached hydrogens (tertiary/aromatic N) is 4. The van der Waals surface area contributed by atoms with Crippen LogP contribution in [0.2, 0.25) is 0 Å². The first kappa shape index (κ1) is 16.2. The van der Waals surface area contributed by atoms with Crippen molar-refractivity contribution < 1.29 is 18.9 Å². The van der Waals surface area contributed by atoms with Crippen LogP contribution in [-0.4, -0.2) is 45.9 Å². The number of carbonyl (C=O) groups excluding carboxylic acids is 2. The second kappa shape index (κ2) is 5.73. The Hall–Kier alpha value is -3.04. The van der Waals surface area contributed by atoms with Crippen LogP contribution in [-0.2, 0) is 9.59 Å². The number of non-ortho nitro benzene ring substituents is 1. The fourth-order valence-corrected chi connectivity index (χ4v) is 4.50. The summed E-state index contributed by atoms with van der Waals surface area (Å²) in [4.78, 5) is 37.9. The van der Waals surface area contributed by atoms with Crippen LogP contribution in [0.15, 0.2) is 47.1 Å². The summed E-state index contributed by atoms with van der Waals surface area (Å²) in [6, 6.07) is 8.22. The van der Waals surface area contributed by atoms with Crippen molar-refractivity contribution in [3.8, 4) is 0 Å². The lowest BCUT2D eigenvalue weighted by molar-refractivity contribution is -0.384. The van der Waals surface area contributed by atoms with E-state index < -0.39 is 16.9 Å². The monoisotopic (exact) mass is 368 g/mol. The molecule has 0 radical (unpaired) electrons. The zero-order valence-corrected chi connectivity index (χ0v) is 14.2. The van der Waals surface area contributed by atoms with Gasteiger partial charge in [0.15, 0.2) is 0 Å². The number of hydrazine groups is 1. The lowest BCUT2D eigenvalue weighted by Gasteiger charge is -2.28. The van der Waals surface area contributed by atoms with Crippen molar-refractivity contribution in [3.05, 3.63) is 58.5 Å². The first-order valence-corrected chi connectivity index (χ1v) is 8.77. The van der Waals surface area contributed by atoms with Crippen LogP contribution in [0.3, 0.4) is 0 Å². The maximum atomic E-state index is 13.2. The third kappa shape index (κ3) is 2.18. The van der Waals surface area contributed by atoms with E-state index in [1.54, 1.807) is 12.3 Å². The Labute approximate surface area is 153 Å². The first-order valence-electron chi connectivity index (χ1n) is 8.77. The van der Waals surface area contributed by atoms with E-state index in [4.69, 9.17) is 4.42 Å². The molecule has 138 valence electrons. The highest BCUT2D eigenvalue weighted by Crippen LogP contribution is 2.48. The summed E-state index contributed by atoms with van der Waals surface area (Å²) in [5.74, 6) is -0.477. The van der Waals surface area contributed by atoms with Gasteiger partial charge in [-0.25, -0.2) is 14.9 Å². The number of rotatable bonds is 3. The SMILES string of the molecule is O=C1C2C(C(=O)N1c1ccc([N+](=O)[O-])cc1)N1CCCN1C2c1ccco1. The van der Waals surface area contributed by atoms with E-state index >= 15 is 0 Å². The number of benzene rings is 1. The molecular formula is C18H16N4O5. The van der Waals surface area contributed by atoms with Gasteiger partial charge in [0.2, 0.25) is 5.91 Å². The number of imide groups is 1. The highest BCUT2D eigenvalue weighted by Gasteiger charge is 2.63. The van der Waals surface area contributed by atoms with E-state index in [0.717, 1.165) is 17.9 Å². The molecule has 5 rings (SSSR count). The number of amides is 2. The summed E-state index contributed by atoms with van der Waals surface area (Å²) in [5.41, 5.74) is 0.270. The molecule has 9 nitrogen and oxygen atoms in total. The van der Waals surface area contributed by atoms with Gasteiger partial charge in [-0.3, -0.25) is 19.7 Å². The first-order chi connectivity index (χ1) is 13.1. The largest absolute Gasteiger partial charge is 0.468 e. The molecule has 0 saturated carbocycles. The smallest absolute Gasteiger partial charge is 0.269 e. The fourth-order valence-electron chi connectivity index (χ4n) is 4.50.